The number of benzene rings is 2. The van der Waals surface area contributed by atoms with E-state index in [1.54, 1.807) is 25.1 Å². The maximum absolute atomic E-state index is 12.1. The maximum Gasteiger partial charge on any atom is 0.271 e. The van der Waals surface area contributed by atoms with Gasteiger partial charge in [0.1, 0.15) is 0 Å². The molecule has 27 heavy (non-hydrogen) atoms. The van der Waals surface area contributed by atoms with Gasteiger partial charge in [0.05, 0.1) is 17.7 Å². The van der Waals surface area contributed by atoms with E-state index >= 15 is 0 Å². The summed E-state index contributed by atoms with van der Waals surface area (Å²) in [5.74, 6) is -0.233. The molecule has 1 amide bonds. The van der Waals surface area contributed by atoms with Crippen LogP contribution in [0.3, 0.4) is 0 Å². The first-order chi connectivity index (χ1) is 13.0. The zero-order valence-corrected chi connectivity index (χ0v) is 14.7. The van der Waals surface area contributed by atoms with E-state index < -0.39 is 10.8 Å². The minimum Gasteiger partial charge on any atom is -0.504 e. The molecular formula is C19H19N3O5. The molecule has 8 heteroatoms. The molecule has 0 atom stereocenters. The number of nitrogens with one attached hydrogen (secondary N) is 1. The Kier molecular flexibility index (Phi) is 6.65. The summed E-state index contributed by atoms with van der Waals surface area (Å²) >= 11 is 0. The van der Waals surface area contributed by atoms with Crippen LogP contribution in [0.1, 0.15) is 28.4 Å². The second-order valence-electron chi connectivity index (χ2n) is 5.46. The Morgan fingerprint density at radius 2 is 2.19 bits per heavy atom. The number of hydrogen-bond donors (Lipinski definition) is 2. The molecule has 0 aliphatic carbocycles. The minimum atomic E-state index is -0.579. The fourth-order valence-corrected chi connectivity index (χ4v) is 2.33. The van der Waals surface area contributed by atoms with E-state index in [0.717, 1.165) is 0 Å². The van der Waals surface area contributed by atoms with Crippen LogP contribution in [0.4, 0.5) is 5.69 Å². The molecule has 0 saturated carbocycles. The summed E-state index contributed by atoms with van der Waals surface area (Å²) < 4.78 is 5.40. The van der Waals surface area contributed by atoms with Gasteiger partial charge >= 0.3 is 0 Å². The largest absolute Gasteiger partial charge is 0.504 e. The Morgan fingerprint density at radius 3 is 2.85 bits per heavy atom. The van der Waals surface area contributed by atoms with Crippen molar-refractivity contribution in [2.24, 2.45) is 5.10 Å². The Bertz CT molecular complexity index is 893. The van der Waals surface area contributed by atoms with Crippen molar-refractivity contribution in [3.63, 3.8) is 0 Å². The van der Waals surface area contributed by atoms with Crippen LogP contribution >= 0.6 is 0 Å². The number of carbonyl (C=O) groups is 1. The predicted molar refractivity (Wildman–Crippen MR) is 101 cm³/mol. The SMILES string of the molecule is C=CCc1cc(/C=N\NC(=O)c2cccc([N+](=O)[O-])c2)cc(OCC)c1O. The van der Waals surface area contributed by atoms with E-state index in [-0.39, 0.29) is 17.0 Å². The quantitative estimate of drug-likeness (QED) is 0.321. The smallest absolute Gasteiger partial charge is 0.271 e. The molecule has 2 rings (SSSR count). The van der Waals surface area contributed by atoms with E-state index in [1.165, 1.54) is 30.5 Å². The molecule has 0 aromatic heterocycles. The van der Waals surface area contributed by atoms with Crippen molar-refractivity contribution in [1.29, 1.82) is 0 Å². The van der Waals surface area contributed by atoms with Crippen LogP contribution in [0, 0.1) is 10.1 Å². The lowest BCUT2D eigenvalue weighted by atomic mass is 10.1. The van der Waals surface area contributed by atoms with Crippen molar-refractivity contribution in [3.8, 4) is 11.5 Å². The number of carbonyl (C=O) groups excluding carboxylic acids is 1. The number of ether oxygens (including phenoxy) is 1. The Labute approximate surface area is 155 Å². The third-order valence-corrected chi connectivity index (χ3v) is 3.54. The number of rotatable bonds is 8. The summed E-state index contributed by atoms with van der Waals surface area (Å²) in [5.41, 5.74) is 3.47. The summed E-state index contributed by atoms with van der Waals surface area (Å²) in [6, 6.07) is 8.63. The van der Waals surface area contributed by atoms with Gasteiger partial charge in [0, 0.05) is 23.3 Å². The monoisotopic (exact) mass is 369 g/mol. The van der Waals surface area contributed by atoms with Crippen LogP contribution in [0.5, 0.6) is 11.5 Å². The molecule has 0 bridgehead atoms. The number of phenolic OH excluding ortho intramolecular Hbond substituents is 1. The van der Waals surface area contributed by atoms with Crippen LogP contribution in [-0.2, 0) is 6.42 Å². The number of allylic oxidation sites excluding steroid dienone is 1. The fraction of sp³-hybridized carbons (Fsp3) is 0.158. The molecule has 0 unspecified atom stereocenters. The van der Waals surface area contributed by atoms with Gasteiger partial charge in [0.2, 0.25) is 0 Å². The second kappa shape index (κ2) is 9.14. The van der Waals surface area contributed by atoms with E-state index in [2.05, 4.69) is 17.1 Å². The molecule has 0 saturated heterocycles. The zero-order valence-electron chi connectivity index (χ0n) is 14.7. The van der Waals surface area contributed by atoms with Crippen molar-refractivity contribution in [3.05, 3.63) is 75.9 Å². The summed E-state index contributed by atoms with van der Waals surface area (Å²) in [6.45, 7) is 5.83. The first-order valence-electron chi connectivity index (χ1n) is 8.13. The van der Waals surface area contributed by atoms with E-state index in [1.807, 2.05) is 0 Å². The lowest BCUT2D eigenvalue weighted by Crippen LogP contribution is -2.17. The van der Waals surface area contributed by atoms with Gasteiger partial charge in [-0.2, -0.15) is 5.10 Å². The number of nitro groups is 1. The first kappa shape index (κ1) is 19.6. The molecule has 0 aliphatic heterocycles. The summed E-state index contributed by atoms with van der Waals surface area (Å²) in [7, 11) is 0. The van der Waals surface area contributed by atoms with Gasteiger partial charge in [0.15, 0.2) is 11.5 Å². The lowest BCUT2D eigenvalue weighted by molar-refractivity contribution is -0.384. The van der Waals surface area contributed by atoms with E-state index in [9.17, 15) is 20.0 Å². The predicted octanol–water partition coefficient (Wildman–Crippen LogP) is 3.19. The van der Waals surface area contributed by atoms with Gasteiger partial charge in [-0.05, 0) is 37.1 Å². The number of nitrogens with zero attached hydrogens (tertiary/aromatic N) is 2. The van der Waals surface area contributed by atoms with Crippen LogP contribution < -0.4 is 10.2 Å². The van der Waals surface area contributed by atoms with Gasteiger partial charge in [-0.25, -0.2) is 5.43 Å². The van der Waals surface area contributed by atoms with Crippen LogP contribution in [0.25, 0.3) is 0 Å². The first-order valence-corrected chi connectivity index (χ1v) is 8.13. The van der Waals surface area contributed by atoms with Crippen LogP contribution in [0.2, 0.25) is 0 Å². The van der Waals surface area contributed by atoms with Gasteiger partial charge < -0.3 is 9.84 Å². The average molecular weight is 369 g/mol. The molecule has 140 valence electrons. The minimum absolute atomic E-state index is 0.0366. The van der Waals surface area contributed by atoms with Crippen molar-refractivity contribution >= 4 is 17.8 Å². The van der Waals surface area contributed by atoms with Crippen LogP contribution in [-0.4, -0.2) is 28.8 Å². The molecule has 2 aromatic carbocycles. The summed E-state index contributed by atoms with van der Waals surface area (Å²) in [4.78, 5) is 22.3. The normalized spacial score (nSPS) is 10.6. The standard InChI is InChI=1S/C19H19N3O5/c1-3-6-14-9-13(10-17(18(14)23)27-4-2)12-20-21-19(24)15-7-5-8-16(11-15)22(25)26/h3,5,7-12,23H,1,4,6H2,2H3,(H,21,24)/b20-12-. The highest BCUT2D eigenvalue weighted by Crippen LogP contribution is 2.31. The summed E-state index contributed by atoms with van der Waals surface area (Å²) in [6.07, 6.45) is 3.48. The Hall–Kier alpha value is -3.68. The molecule has 0 heterocycles. The molecule has 0 radical (unpaired) electrons. The maximum atomic E-state index is 12.1. The number of phenols is 1. The zero-order chi connectivity index (χ0) is 19.8. The second-order valence-corrected chi connectivity index (χ2v) is 5.46. The third kappa shape index (κ3) is 5.15. The summed E-state index contributed by atoms with van der Waals surface area (Å²) in [5, 5.41) is 24.8. The van der Waals surface area contributed by atoms with E-state index in [0.29, 0.717) is 29.9 Å². The highest BCUT2D eigenvalue weighted by molar-refractivity contribution is 5.95. The average Bonchev–Trinajstić information content (AvgIpc) is 2.65. The van der Waals surface area contributed by atoms with Crippen LogP contribution in [0.15, 0.2) is 54.2 Å². The molecule has 2 N–H and O–H groups in total. The molecule has 2 aromatic rings. The highest BCUT2D eigenvalue weighted by atomic mass is 16.6. The van der Waals surface area contributed by atoms with Gasteiger partial charge in [0.25, 0.3) is 11.6 Å². The number of amides is 1. The van der Waals surface area contributed by atoms with Gasteiger partial charge in [-0.15, -0.1) is 6.58 Å². The molecule has 8 nitrogen and oxygen atoms in total. The molecular weight excluding hydrogens is 350 g/mol. The van der Waals surface area contributed by atoms with Crippen molar-refractivity contribution in [2.45, 2.75) is 13.3 Å². The third-order valence-electron chi connectivity index (χ3n) is 3.54. The van der Waals surface area contributed by atoms with E-state index in [4.69, 9.17) is 4.74 Å². The van der Waals surface area contributed by atoms with Gasteiger partial charge in [-0.3, -0.25) is 14.9 Å². The fourth-order valence-electron chi connectivity index (χ4n) is 2.33. The molecule has 0 fully saturated rings. The van der Waals surface area contributed by atoms with Crippen molar-refractivity contribution < 1.29 is 19.6 Å². The molecule has 0 aliphatic rings. The van der Waals surface area contributed by atoms with Crippen molar-refractivity contribution in [2.75, 3.05) is 6.61 Å². The highest BCUT2D eigenvalue weighted by Gasteiger charge is 2.12. The number of hydrazone groups is 1. The van der Waals surface area contributed by atoms with Crippen molar-refractivity contribution in [1.82, 2.24) is 5.43 Å². The Balaban J connectivity index is 2.17. The molecule has 0 spiro atoms. The topological polar surface area (TPSA) is 114 Å². The van der Waals surface area contributed by atoms with Gasteiger partial charge in [-0.1, -0.05) is 12.1 Å². The number of nitro benzene ring substituents is 1. The Morgan fingerprint density at radius 1 is 1.41 bits per heavy atom. The number of hydrogen-bond acceptors (Lipinski definition) is 6. The lowest BCUT2D eigenvalue weighted by Gasteiger charge is -2.10. The number of aromatic hydroxyl groups is 1. The number of non-ortho nitro benzene ring substituents is 1.